The molecule has 0 aliphatic carbocycles. The molecule has 43 heavy (non-hydrogen) atoms. The van der Waals surface area contributed by atoms with E-state index in [2.05, 4.69) is 19.7 Å². The lowest BCUT2D eigenvalue weighted by Crippen LogP contribution is -2.18. The topological polar surface area (TPSA) is 112 Å². The van der Waals surface area contributed by atoms with Crippen LogP contribution in [0, 0.1) is 11.6 Å². The predicted molar refractivity (Wildman–Crippen MR) is 159 cm³/mol. The first-order chi connectivity index (χ1) is 20.7. The van der Waals surface area contributed by atoms with Gasteiger partial charge in [-0.15, -0.1) is 4.40 Å². The summed E-state index contributed by atoms with van der Waals surface area (Å²) in [7, 11) is -1.02. The average molecular weight is 605 g/mol. The maximum absolute atomic E-state index is 15.3. The summed E-state index contributed by atoms with van der Waals surface area (Å²) < 4.78 is 75.1. The first kappa shape index (κ1) is 29.4. The first-order valence-corrected chi connectivity index (χ1v) is 14.5. The molecule has 5 rings (SSSR count). The number of aromatic nitrogens is 2. The van der Waals surface area contributed by atoms with Crippen molar-refractivity contribution in [1.29, 1.82) is 0 Å². The number of ether oxygens (including phenoxy) is 3. The van der Waals surface area contributed by atoms with Gasteiger partial charge in [0.1, 0.15) is 17.4 Å². The summed E-state index contributed by atoms with van der Waals surface area (Å²) in [6, 6.07) is 17.7. The first-order valence-electron chi connectivity index (χ1n) is 12.9. The smallest absolute Gasteiger partial charge is 0.258 e. The van der Waals surface area contributed by atoms with E-state index in [4.69, 9.17) is 14.2 Å². The number of sulfonamides is 1. The molecule has 0 fully saturated rings. The molecule has 12 heteroatoms. The Hall–Kier alpha value is -5.10. The molecule has 2 aromatic heterocycles. The molecule has 0 radical (unpaired) electrons. The molecule has 5 aromatic rings. The number of nitrogens with zero attached hydrogens (tertiary/aromatic N) is 3. The van der Waals surface area contributed by atoms with Crippen molar-refractivity contribution in [3.63, 3.8) is 0 Å². The van der Waals surface area contributed by atoms with Crippen LogP contribution in [0.1, 0.15) is 11.1 Å². The van der Waals surface area contributed by atoms with E-state index in [1.165, 1.54) is 62.9 Å². The Morgan fingerprint density at radius 3 is 2.33 bits per heavy atom. The number of hydrogen-bond acceptors (Lipinski definition) is 7. The fourth-order valence-corrected chi connectivity index (χ4v) is 5.39. The van der Waals surface area contributed by atoms with Crippen molar-refractivity contribution >= 4 is 32.4 Å². The van der Waals surface area contributed by atoms with Crippen LogP contribution < -0.4 is 19.5 Å². The molecule has 0 aliphatic rings. The number of fused-ring (bicyclic) bond motifs is 1. The van der Waals surface area contributed by atoms with Crippen LogP contribution in [-0.2, 0) is 22.2 Å². The Morgan fingerprint density at radius 1 is 0.860 bits per heavy atom. The quantitative estimate of drug-likeness (QED) is 0.146. The lowest BCUT2D eigenvalue weighted by atomic mass is 10.1. The molecular weight excluding hydrogens is 578 g/mol. The second kappa shape index (κ2) is 12.8. The molecule has 0 spiro atoms. The molecule has 0 bridgehead atoms. The highest BCUT2D eigenvalue weighted by molar-refractivity contribution is 7.89. The highest BCUT2D eigenvalue weighted by Crippen LogP contribution is 2.37. The van der Waals surface area contributed by atoms with Gasteiger partial charge in [-0.05, 0) is 53.6 Å². The van der Waals surface area contributed by atoms with Crippen LogP contribution in [0.3, 0.4) is 0 Å². The van der Waals surface area contributed by atoms with Gasteiger partial charge in [0.25, 0.3) is 10.0 Å². The molecule has 0 atom stereocenters. The number of methoxy groups -OCH3 is 2. The normalized spacial score (nSPS) is 11.8. The monoisotopic (exact) mass is 604 g/mol. The summed E-state index contributed by atoms with van der Waals surface area (Å²) in [5.41, 5.74) is 1.86. The van der Waals surface area contributed by atoms with Crippen molar-refractivity contribution in [2.75, 3.05) is 19.5 Å². The van der Waals surface area contributed by atoms with Crippen LogP contribution in [0.5, 0.6) is 23.0 Å². The van der Waals surface area contributed by atoms with Gasteiger partial charge in [0.15, 0.2) is 23.1 Å². The van der Waals surface area contributed by atoms with Crippen LogP contribution in [-0.4, -0.2) is 38.4 Å². The van der Waals surface area contributed by atoms with E-state index >= 15 is 4.39 Å². The highest BCUT2D eigenvalue weighted by atomic mass is 32.2. The van der Waals surface area contributed by atoms with Crippen LogP contribution >= 0.6 is 0 Å². The van der Waals surface area contributed by atoms with E-state index in [1.807, 2.05) is 0 Å². The molecule has 1 N–H and O–H groups in total. The van der Waals surface area contributed by atoms with Gasteiger partial charge in [-0.1, -0.05) is 18.2 Å². The van der Waals surface area contributed by atoms with Gasteiger partial charge in [-0.2, -0.15) is 0 Å². The van der Waals surface area contributed by atoms with Gasteiger partial charge in [-0.25, -0.2) is 17.2 Å². The van der Waals surface area contributed by atoms with E-state index < -0.39 is 27.4 Å². The van der Waals surface area contributed by atoms with Gasteiger partial charge in [-0.3, -0.25) is 9.97 Å². The molecule has 0 amide bonds. The molecule has 9 nitrogen and oxygen atoms in total. The van der Waals surface area contributed by atoms with E-state index in [-0.39, 0.29) is 23.7 Å². The lowest BCUT2D eigenvalue weighted by Gasteiger charge is -2.14. The van der Waals surface area contributed by atoms with Gasteiger partial charge in [0, 0.05) is 48.2 Å². The van der Waals surface area contributed by atoms with E-state index in [1.54, 1.807) is 42.7 Å². The number of halogens is 2. The van der Waals surface area contributed by atoms with Crippen LogP contribution in [0.15, 0.2) is 95.8 Å². The second-order valence-electron chi connectivity index (χ2n) is 9.33. The minimum atomic E-state index is -4.04. The van der Waals surface area contributed by atoms with Crippen molar-refractivity contribution in [2.45, 2.75) is 12.2 Å². The van der Waals surface area contributed by atoms with Gasteiger partial charge >= 0.3 is 0 Å². The Balaban J connectivity index is 1.41. The van der Waals surface area contributed by atoms with Gasteiger partial charge in [0.2, 0.25) is 0 Å². The molecule has 0 unspecified atom stereocenters. The molecule has 2 heterocycles. The zero-order valence-corrected chi connectivity index (χ0v) is 23.9. The highest BCUT2D eigenvalue weighted by Gasteiger charge is 2.16. The third kappa shape index (κ3) is 7.41. The van der Waals surface area contributed by atoms with Gasteiger partial charge in [0.05, 0.1) is 25.5 Å². The van der Waals surface area contributed by atoms with Crippen LogP contribution in [0.4, 0.5) is 14.5 Å². The summed E-state index contributed by atoms with van der Waals surface area (Å²) >= 11 is 0. The molecule has 0 saturated carbocycles. The largest absolute Gasteiger partial charge is 0.493 e. The number of benzene rings is 3. The molecular formula is C31H26F2N4O5S. The number of anilines is 1. The molecule has 3 aromatic carbocycles. The maximum Gasteiger partial charge on any atom is 0.258 e. The fourth-order valence-electron chi connectivity index (χ4n) is 4.27. The second-order valence-corrected chi connectivity index (χ2v) is 11.0. The minimum absolute atomic E-state index is 0.0457. The zero-order chi connectivity index (χ0) is 30.4. The van der Waals surface area contributed by atoms with Gasteiger partial charge < -0.3 is 19.5 Å². The van der Waals surface area contributed by atoms with Crippen molar-refractivity contribution in [3.8, 4) is 23.0 Å². The Morgan fingerprint density at radius 2 is 1.63 bits per heavy atom. The average Bonchev–Trinajstić information content (AvgIpc) is 2.99. The Bertz CT molecular complexity index is 1890. The Labute approximate surface area is 246 Å². The number of nitrogens with one attached hydrogen (secondary N) is 1. The van der Waals surface area contributed by atoms with Crippen molar-refractivity contribution in [1.82, 2.24) is 9.97 Å². The van der Waals surface area contributed by atoms with Crippen LogP contribution in [0.2, 0.25) is 0 Å². The van der Waals surface area contributed by atoms with E-state index in [9.17, 15) is 12.8 Å². The zero-order valence-electron chi connectivity index (χ0n) is 23.1. The summed E-state index contributed by atoms with van der Waals surface area (Å²) in [6.45, 7) is 0. The standard InChI is InChI=1S/C31H26F2N4O5S/c1-40-29-16-24-26(17-30(29)41-2)35-13-11-27(24)42-28-10-9-23(15-25(28)33)36-31(14-21-4-3-12-34-18-21)37-43(38,39)19-20-5-7-22(32)8-6-20/h3-13,15-18H,14,19H2,1-2H3,(H,36,37). The summed E-state index contributed by atoms with van der Waals surface area (Å²) in [4.78, 5) is 8.39. The molecule has 0 saturated heterocycles. The minimum Gasteiger partial charge on any atom is -0.493 e. The number of pyridine rings is 2. The summed E-state index contributed by atoms with van der Waals surface area (Å²) in [5.74, 6) is -0.348. The lowest BCUT2D eigenvalue weighted by molar-refractivity contribution is 0.355. The number of rotatable bonds is 10. The maximum atomic E-state index is 15.3. The summed E-state index contributed by atoms with van der Waals surface area (Å²) in [6.07, 6.45) is 4.77. The van der Waals surface area contributed by atoms with Crippen molar-refractivity contribution in [2.24, 2.45) is 4.40 Å². The van der Waals surface area contributed by atoms with E-state index in [0.29, 0.717) is 39.3 Å². The third-order valence-electron chi connectivity index (χ3n) is 6.25. The van der Waals surface area contributed by atoms with Crippen molar-refractivity contribution < 1.29 is 31.4 Å². The Kier molecular flexibility index (Phi) is 8.77. The van der Waals surface area contributed by atoms with Crippen molar-refractivity contribution in [3.05, 3.63) is 114 Å². The molecule has 220 valence electrons. The van der Waals surface area contributed by atoms with Crippen LogP contribution in [0.25, 0.3) is 10.9 Å². The molecule has 0 aliphatic heterocycles. The number of hydrogen-bond donors (Lipinski definition) is 1. The third-order valence-corrected chi connectivity index (χ3v) is 7.45. The predicted octanol–water partition coefficient (Wildman–Crippen LogP) is 6.30. The summed E-state index contributed by atoms with van der Waals surface area (Å²) in [5, 5.41) is 3.50. The number of amidine groups is 1. The fraction of sp³-hybridized carbons (Fsp3) is 0.129. The SMILES string of the molecule is COc1cc2nccc(Oc3ccc(N/C(Cc4cccnc4)=N\S(=O)(=O)Cc4ccc(F)cc4)cc3F)c2cc1OC. The van der Waals surface area contributed by atoms with E-state index in [0.717, 1.165) is 0 Å².